The summed E-state index contributed by atoms with van der Waals surface area (Å²) in [5.74, 6) is -1.05. The number of esters is 1. The third kappa shape index (κ3) is 3.15. The van der Waals surface area contributed by atoms with Crippen molar-refractivity contribution in [3.05, 3.63) is 35.5 Å². The smallest absolute Gasteiger partial charge is 0.338 e. The van der Waals surface area contributed by atoms with Gasteiger partial charge in [0.2, 0.25) is 0 Å². The molecule has 1 fully saturated rings. The van der Waals surface area contributed by atoms with E-state index in [-0.39, 0.29) is 11.3 Å². The summed E-state index contributed by atoms with van der Waals surface area (Å²) in [6.45, 7) is 8.95. The first-order valence-electron chi connectivity index (χ1n) is 8.78. The number of hydrogen-bond acceptors (Lipinski definition) is 5. The Hall–Kier alpha value is -2.18. The average Bonchev–Trinajstić information content (AvgIpc) is 2.53. The molecule has 1 aliphatic heterocycles. The molecule has 0 unspecified atom stereocenters. The van der Waals surface area contributed by atoms with Crippen molar-refractivity contribution < 1.29 is 19.8 Å². The summed E-state index contributed by atoms with van der Waals surface area (Å²) in [7, 11) is 0. The minimum atomic E-state index is -0.650. The van der Waals surface area contributed by atoms with E-state index in [9.17, 15) is 15.1 Å². The van der Waals surface area contributed by atoms with Crippen molar-refractivity contribution >= 4 is 16.9 Å². The molecule has 0 atom stereocenters. The van der Waals surface area contributed by atoms with Gasteiger partial charge in [-0.1, -0.05) is 23.9 Å². The second kappa shape index (κ2) is 6.21. The summed E-state index contributed by atoms with van der Waals surface area (Å²) in [4.78, 5) is 17.1. The fourth-order valence-electron chi connectivity index (χ4n) is 3.99. The van der Waals surface area contributed by atoms with Gasteiger partial charge in [-0.05, 0) is 40.7 Å². The minimum Gasteiger partial charge on any atom is -0.871 e. The summed E-state index contributed by atoms with van der Waals surface area (Å²) in [6, 6.07) is 7.04. The van der Waals surface area contributed by atoms with E-state index in [2.05, 4.69) is 4.98 Å². The molecule has 139 valence electrons. The third-order valence-electron chi connectivity index (χ3n) is 5.05. The zero-order valence-electron chi connectivity index (χ0n) is 15.8. The average molecular weight is 356 g/mol. The summed E-state index contributed by atoms with van der Waals surface area (Å²) < 4.78 is 5.71. The van der Waals surface area contributed by atoms with E-state index in [1.807, 2.05) is 33.8 Å². The molecule has 6 nitrogen and oxygen atoms in total. The Morgan fingerprint density at radius 1 is 1.19 bits per heavy atom. The van der Waals surface area contributed by atoms with Crippen LogP contribution < -0.4 is 5.11 Å². The van der Waals surface area contributed by atoms with Gasteiger partial charge in [-0.25, -0.2) is 4.79 Å². The molecule has 2 heterocycles. The Bertz CT molecular complexity index is 842. The number of para-hydroxylation sites is 1. The molecule has 26 heavy (non-hydrogen) atoms. The predicted molar refractivity (Wildman–Crippen MR) is 95.0 cm³/mol. The van der Waals surface area contributed by atoms with Gasteiger partial charge in [0.1, 0.15) is 6.10 Å². The van der Waals surface area contributed by atoms with Crippen LogP contribution in [0.15, 0.2) is 24.3 Å². The molecule has 0 N–H and O–H groups in total. The maximum atomic E-state index is 12.9. The van der Waals surface area contributed by atoms with Crippen LogP contribution in [-0.4, -0.2) is 33.2 Å². The van der Waals surface area contributed by atoms with Crippen LogP contribution in [0.5, 0.6) is 5.75 Å². The van der Waals surface area contributed by atoms with E-state index in [1.54, 1.807) is 25.1 Å². The summed E-state index contributed by atoms with van der Waals surface area (Å²) in [5.41, 5.74) is -0.419. The number of hydrogen-bond donors (Lipinski definition) is 0. The number of benzene rings is 1. The molecule has 1 saturated heterocycles. The van der Waals surface area contributed by atoms with E-state index in [4.69, 9.17) is 4.74 Å². The molecule has 1 radical (unpaired) electrons. The molecular weight excluding hydrogens is 332 g/mol. The number of fused-ring (bicyclic) bond motifs is 1. The lowest BCUT2D eigenvalue weighted by molar-refractivity contribution is -0.298. The number of hydroxylamine groups is 2. The van der Waals surface area contributed by atoms with Crippen LogP contribution >= 0.6 is 0 Å². The molecule has 0 bridgehead atoms. The lowest BCUT2D eigenvalue weighted by Gasteiger charge is -2.49. The van der Waals surface area contributed by atoms with E-state index in [1.165, 1.54) is 0 Å². The quantitative estimate of drug-likeness (QED) is 0.772. The van der Waals surface area contributed by atoms with E-state index < -0.39 is 28.9 Å². The fourth-order valence-corrected chi connectivity index (χ4v) is 3.99. The standard InChI is InChI=1S/C20H25N2O4/c1-12-17(23)16(14-8-6-7-9-15(14)21-12)18(24)26-13-10-19(2,3)22(25)20(4,5)11-13/h6-9,13,23H,10-11H2,1-5H3/p-1. The van der Waals surface area contributed by atoms with Gasteiger partial charge >= 0.3 is 5.97 Å². The highest BCUT2D eigenvalue weighted by atomic mass is 16.5. The first-order valence-corrected chi connectivity index (χ1v) is 8.78. The van der Waals surface area contributed by atoms with Gasteiger partial charge < -0.3 is 9.84 Å². The van der Waals surface area contributed by atoms with Gasteiger partial charge in [-0.2, -0.15) is 0 Å². The topological polar surface area (TPSA) is 85.4 Å². The Morgan fingerprint density at radius 3 is 2.38 bits per heavy atom. The first-order chi connectivity index (χ1) is 12.0. The largest absolute Gasteiger partial charge is 0.871 e. The minimum absolute atomic E-state index is 0.0215. The third-order valence-corrected chi connectivity index (χ3v) is 5.05. The Kier molecular flexibility index (Phi) is 4.45. The molecule has 0 aliphatic carbocycles. The molecule has 1 aromatic carbocycles. The number of carbonyl (C=O) groups excluding carboxylic acids is 1. The highest BCUT2D eigenvalue weighted by Crippen LogP contribution is 2.39. The number of aryl methyl sites for hydroxylation is 1. The van der Waals surface area contributed by atoms with Crippen LogP contribution in [0.1, 0.15) is 56.6 Å². The van der Waals surface area contributed by atoms with Crippen LogP contribution in [0.2, 0.25) is 0 Å². The summed E-state index contributed by atoms with van der Waals surface area (Å²) >= 11 is 0. The zero-order valence-corrected chi connectivity index (χ0v) is 15.8. The Labute approximate surface area is 153 Å². The molecule has 6 heteroatoms. The monoisotopic (exact) mass is 356 g/mol. The fraction of sp³-hybridized carbons (Fsp3) is 0.500. The highest BCUT2D eigenvalue weighted by molar-refractivity contribution is 6.06. The Morgan fingerprint density at radius 2 is 1.77 bits per heavy atom. The van der Waals surface area contributed by atoms with Crippen molar-refractivity contribution in [2.75, 3.05) is 0 Å². The number of carbonyl (C=O) groups is 1. The number of piperidine rings is 1. The number of nitrogens with zero attached hydrogens (tertiary/aromatic N) is 2. The lowest BCUT2D eigenvalue weighted by Crippen LogP contribution is -2.60. The summed E-state index contributed by atoms with van der Waals surface area (Å²) in [6.07, 6.45) is 0.410. The molecule has 1 aliphatic rings. The number of ether oxygens (including phenoxy) is 1. The Balaban J connectivity index is 1.94. The SMILES string of the molecule is Cc1nc2ccccc2c(C(=O)OC2CC(C)(C)N([O])C(C)(C)C2)c1[O-]. The molecule has 0 spiro atoms. The van der Waals surface area contributed by atoms with Crippen LogP contribution in [0.25, 0.3) is 10.9 Å². The van der Waals surface area contributed by atoms with Crippen molar-refractivity contribution in [3.8, 4) is 5.75 Å². The first kappa shape index (κ1) is 18.6. The van der Waals surface area contributed by atoms with Gasteiger partial charge in [0.05, 0.1) is 11.1 Å². The summed E-state index contributed by atoms with van der Waals surface area (Å²) in [5, 5.41) is 26.6. The van der Waals surface area contributed by atoms with E-state index in [0.717, 1.165) is 5.06 Å². The van der Waals surface area contributed by atoms with Gasteiger partial charge in [-0.15, -0.1) is 10.3 Å². The van der Waals surface area contributed by atoms with Crippen molar-refractivity contribution in [2.24, 2.45) is 0 Å². The van der Waals surface area contributed by atoms with Crippen LogP contribution in [-0.2, 0) is 9.94 Å². The molecule has 2 aromatic rings. The lowest BCUT2D eigenvalue weighted by atomic mass is 9.80. The van der Waals surface area contributed by atoms with Crippen LogP contribution in [0.4, 0.5) is 0 Å². The zero-order chi connectivity index (χ0) is 19.3. The van der Waals surface area contributed by atoms with E-state index in [0.29, 0.717) is 23.7 Å². The van der Waals surface area contributed by atoms with Gasteiger partial charge in [-0.3, -0.25) is 4.98 Å². The second-order valence-corrected chi connectivity index (χ2v) is 8.27. The van der Waals surface area contributed by atoms with E-state index >= 15 is 0 Å². The maximum Gasteiger partial charge on any atom is 0.338 e. The number of rotatable bonds is 2. The molecule has 1 aromatic heterocycles. The molecule has 0 amide bonds. The highest BCUT2D eigenvalue weighted by Gasteiger charge is 2.47. The second-order valence-electron chi connectivity index (χ2n) is 8.27. The van der Waals surface area contributed by atoms with Crippen molar-refractivity contribution in [1.82, 2.24) is 10.0 Å². The molecule has 3 rings (SSSR count). The molecular formula is C20H24N2O4-. The van der Waals surface area contributed by atoms with Crippen molar-refractivity contribution in [1.29, 1.82) is 0 Å². The van der Waals surface area contributed by atoms with Crippen LogP contribution in [0.3, 0.4) is 0 Å². The molecule has 0 saturated carbocycles. The normalized spacial score (nSPS) is 20.2. The van der Waals surface area contributed by atoms with Gasteiger partial charge in [0.25, 0.3) is 0 Å². The van der Waals surface area contributed by atoms with Gasteiger partial charge in [0, 0.05) is 35.0 Å². The number of pyridine rings is 1. The number of aromatic nitrogens is 1. The maximum absolute atomic E-state index is 12.9. The van der Waals surface area contributed by atoms with Crippen molar-refractivity contribution in [3.63, 3.8) is 0 Å². The van der Waals surface area contributed by atoms with Gasteiger partial charge in [0.15, 0.2) is 0 Å². The van der Waals surface area contributed by atoms with Crippen molar-refractivity contribution in [2.45, 2.75) is 64.6 Å². The van der Waals surface area contributed by atoms with Crippen LogP contribution in [0, 0.1) is 6.92 Å². The predicted octanol–water partition coefficient (Wildman–Crippen LogP) is 3.14.